The number of hydroxylamine groups is 1. The molecule has 0 fully saturated rings. The first kappa shape index (κ1) is 25.6. The van der Waals surface area contributed by atoms with Crippen molar-refractivity contribution in [2.75, 3.05) is 11.3 Å². The summed E-state index contributed by atoms with van der Waals surface area (Å²) in [6, 6.07) is 3.35. The fraction of sp³-hybridized carbons (Fsp3) is 0.316. The summed E-state index contributed by atoms with van der Waals surface area (Å²) in [6.07, 6.45) is 0.405. The smallest absolute Gasteiger partial charge is 0.264 e. The average molecular weight is 526 g/mol. The number of thiophene rings is 1. The van der Waals surface area contributed by atoms with Crippen molar-refractivity contribution in [2.24, 2.45) is 16.5 Å². The van der Waals surface area contributed by atoms with Gasteiger partial charge in [0.1, 0.15) is 20.9 Å². The Morgan fingerprint density at radius 1 is 1.24 bits per heavy atom. The molecule has 0 saturated heterocycles. The molecule has 3 aromatic rings. The zero-order valence-corrected chi connectivity index (χ0v) is 20.7. The van der Waals surface area contributed by atoms with E-state index < -0.39 is 27.6 Å². The predicted molar refractivity (Wildman–Crippen MR) is 130 cm³/mol. The standard InChI is InChI=1S/C19H23N7O5S3/c1-9-10(2)32-18(26-34(30,31)13-7-3-5-11-15(13)25-33-24-11)14(9)17(28)16(27)12(23-29)6-4-8-22-19(20)21/h3,5,7,12,23,26,29H,4,6,8H2,1-2H3,(H4,20,21,22)/t12-/m0/s1. The molecule has 0 aliphatic carbocycles. The minimum atomic E-state index is -4.15. The Kier molecular flexibility index (Phi) is 7.93. The summed E-state index contributed by atoms with van der Waals surface area (Å²) in [5, 5.41) is 9.44. The molecule has 0 aliphatic heterocycles. The number of nitrogens with two attached hydrogens (primary N) is 2. The van der Waals surface area contributed by atoms with Gasteiger partial charge in [-0.05, 0) is 44.4 Å². The van der Waals surface area contributed by atoms with Crippen LogP contribution in [0.2, 0.25) is 0 Å². The molecule has 0 amide bonds. The molecule has 0 saturated carbocycles. The number of nitrogens with one attached hydrogen (secondary N) is 2. The van der Waals surface area contributed by atoms with Gasteiger partial charge in [-0.2, -0.15) is 14.2 Å². The molecule has 1 aromatic carbocycles. The van der Waals surface area contributed by atoms with Crippen LogP contribution in [0.5, 0.6) is 0 Å². The Balaban J connectivity index is 1.89. The number of hydrogen-bond donors (Lipinski definition) is 5. The monoisotopic (exact) mass is 525 g/mol. The van der Waals surface area contributed by atoms with Crippen LogP contribution >= 0.6 is 23.1 Å². The lowest BCUT2D eigenvalue weighted by Crippen LogP contribution is -2.39. The fourth-order valence-electron chi connectivity index (χ4n) is 3.19. The van der Waals surface area contributed by atoms with Crippen LogP contribution in [0, 0.1) is 13.8 Å². The number of guanidine groups is 1. The van der Waals surface area contributed by atoms with Crippen molar-refractivity contribution in [1.82, 2.24) is 14.2 Å². The number of carbonyl (C=O) groups excluding carboxylic acids is 2. The van der Waals surface area contributed by atoms with Crippen LogP contribution in [-0.4, -0.2) is 52.5 Å². The van der Waals surface area contributed by atoms with E-state index in [-0.39, 0.29) is 39.9 Å². The molecular weight excluding hydrogens is 502 g/mol. The number of benzene rings is 1. The van der Waals surface area contributed by atoms with Crippen LogP contribution in [0.1, 0.15) is 33.6 Å². The second-order valence-electron chi connectivity index (χ2n) is 7.30. The minimum Gasteiger partial charge on any atom is -0.370 e. The second kappa shape index (κ2) is 10.5. The van der Waals surface area contributed by atoms with E-state index in [9.17, 15) is 23.2 Å². The number of ketones is 2. The normalized spacial score (nSPS) is 12.4. The highest BCUT2D eigenvalue weighted by Gasteiger charge is 2.32. The lowest BCUT2D eigenvalue weighted by Gasteiger charge is -2.14. The largest absolute Gasteiger partial charge is 0.370 e. The summed E-state index contributed by atoms with van der Waals surface area (Å²) in [6.45, 7) is 3.54. The van der Waals surface area contributed by atoms with Gasteiger partial charge in [0.15, 0.2) is 5.96 Å². The summed E-state index contributed by atoms with van der Waals surface area (Å²) in [7, 11) is -4.15. The first-order valence-electron chi connectivity index (χ1n) is 9.94. The fourth-order valence-corrected chi connectivity index (χ4v) is 6.32. The first-order valence-corrected chi connectivity index (χ1v) is 13.0. The first-order chi connectivity index (χ1) is 16.1. The van der Waals surface area contributed by atoms with Crippen LogP contribution in [0.4, 0.5) is 5.00 Å². The van der Waals surface area contributed by atoms with E-state index >= 15 is 0 Å². The number of Topliss-reactive ketones (excluding diaryl/α,β-unsaturated/α-hetero) is 2. The van der Waals surface area contributed by atoms with Crippen molar-refractivity contribution in [3.05, 3.63) is 34.2 Å². The number of carbonyl (C=O) groups is 2. The Labute approximate surface area is 203 Å². The highest BCUT2D eigenvalue weighted by atomic mass is 32.2. The molecule has 7 N–H and O–H groups in total. The molecule has 2 aromatic heterocycles. The quantitative estimate of drug-likeness (QED) is 0.0606. The Morgan fingerprint density at radius 2 is 1.97 bits per heavy atom. The van der Waals surface area contributed by atoms with E-state index in [2.05, 4.69) is 18.5 Å². The van der Waals surface area contributed by atoms with Gasteiger partial charge >= 0.3 is 0 Å². The molecule has 34 heavy (non-hydrogen) atoms. The lowest BCUT2D eigenvalue weighted by atomic mass is 9.98. The van der Waals surface area contributed by atoms with Crippen molar-refractivity contribution >= 4 is 66.6 Å². The third-order valence-electron chi connectivity index (χ3n) is 5.02. The van der Waals surface area contributed by atoms with Gasteiger partial charge in [-0.25, -0.2) is 8.42 Å². The maximum absolute atomic E-state index is 13.1. The number of anilines is 1. The highest BCUT2D eigenvalue weighted by molar-refractivity contribution is 7.93. The van der Waals surface area contributed by atoms with Gasteiger partial charge in [0.05, 0.1) is 23.3 Å². The van der Waals surface area contributed by atoms with Crippen molar-refractivity contribution in [2.45, 2.75) is 37.6 Å². The molecule has 0 radical (unpaired) electrons. The van der Waals surface area contributed by atoms with Crippen LogP contribution in [0.3, 0.4) is 0 Å². The van der Waals surface area contributed by atoms with Crippen LogP contribution in [0.25, 0.3) is 11.0 Å². The number of nitrogens with zero attached hydrogens (tertiary/aromatic N) is 3. The molecule has 0 spiro atoms. The van der Waals surface area contributed by atoms with Gasteiger partial charge in [-0.1, -0.05) is 6.07 Å². The number of fused-ring (bicyclic) bond motifs is 1. The molecule has 3 rings (SSSR count). The van der Waals surface area contributed by atoms with Gasteiger partial charge in [0.2, 0.25) is 11.6 Å². The SMILES string of the molecule is Cc1sc(NS(=O)(=O)c2cccc3nsnc23)c(C(=O)C(=O)[C@H](CCCN=C(N)N)NO)c1C. The molecule has 1 atom stereocenters. The van der Waals surface area contributed by atoms with Gasteiger partial charge < -0.3 is 16.7 Å². The van der Waals surface area contributed by atoms with E-state index in [1.54, 1.807) is 26.0 Å². The maximum atomic E-state index is 13.1. The van der Waals surface area contributed by atoms with Gasteiger partial charge in [-0.3, -0.25) is 19.3 Å². The van der Waals surface area contributed by atoms with Crippen LogP contribution in [-0.2, 0) is 14.8 Å². The molecule has 12 nitrogen and oxygen atoms in total. The number of aromatic nitrogens is 2. The number of rotatable bonds is 11. The van der Waals surface area contributed by atoms with Crippen LogP contribution in [0.15, 0.2) is 28.1 Å². The van der Waals surface area contributed by atoms with Crippen molar-refractivity contribution < 1.29 is 23.2 Å². The predicted octanol–water partition coefficient (Wildman–Crippen LogP) is 1.32. The van der Waals surface area contributed by atoms with Gasteiger partial charge in [0, 0.05) is 11.4 Å². The summed E-state index contributed by atoms with van der Waals surface area (Å²) >= 11 is 1.92. The summed E-state index contributed by atoms with van der Waals surface area (Å²) in [5.74, 6) is -1.96. The molecule has 2 heterocycles. The van der Waals surface area contributed by atoms with Gasteiger partial charge in [-0.15, -0.1) is 11.3 Å². The maximum Gasteiger partial charge on any atom is 0.264 e. The summed E-state index contributed by atoms with van der Waals surface area (Å²) in [4.78, 5) is 30.3. The number of sulfonamides is 1. The van der Waals surface area contributed by atoms with Crippen molar-refractivity contribution in [3.63, 3.8) is 0 Å². The third-order valence-corrected chi connectivity index (χ3v) is 8.20. The third kappa shape index (κ3) is 5.39. The topological polar surface area (TPSA) is 203 Å². The Bertz CT molecular complexity index is 1360. The van der Waals surface area contributed by atoms with E-state index in [1.165, 1.54) is 6.07 Å². The highest BCUT2D eigenvalue weighted by Crippen LogP contribution is 2.35. The van der Waals surface area contributed by atoms with Crippen molar-refractivity contribution in [3.8, 4) is 0 Å². The number of aryl methyl sites for hydroxylation is 1. The number of hydrogen-bond acceptors (Lipinski definition) is 11. The zero-order valence-electron chi connectivity index (χ0n) is 18.2. The second-order valence-corrected chi connectivity index (χ2v) is 10.7. The molecule has 0 unspecified atom stereocenters. The van der Waals surface area contributed by atoms with Crippen LogP contribution < -0.4 is 21.7 Å². The molecule has 0 aliphatic rings. The molecule has 0 bridgehead atoms. The average Bonchev–Trinajstić information content (AvgIpc) is 3.36. The van der Waals surface area contributed by atoms with E-state index in [1.807, 2.05) is 5.48 Å². The zero-order chi connectivity index (χ0) is 25.0. The molecule has 15 heteroatoms. The molecule has 182 valence electrons. The Morgan fingerprint density at radius 3 is 2.65 bits per heavy atom. The lowest BCUT2D eigenvalue weighted by molar-refractivity contribution is -0.119. The van der Waals surface area contributed by atoms with E-state index in [4.69, 9.17) is 11.5 Å². The summed E-state index contributed by atoms with van der Waals surface area (Å²) < 4.78 is 36.8. The summed E-state index contributed by atoms with van der Waals surface area (Å²) in [5.41, 5.74) is 13.4. The van der Waals surface area contributed by atoms with Crippen molar-refractivity contribution in [1.29, 1.82) is 0 Å². The van der Waals surface area contributed by atoms with Gasteiger partial charge in [0.25, 0.3) is 10.0 Å². The Hall–Kier alpha value is -2.98. The van der Waals surface area contributed by atoms with E-state index in [0.29, 0.717) is 22.4 Å². The minimum absolute atomic E-state index is 0.00531. The van der Waals surface area contributed by atoms with E-state index in [0.717, 1.165) is 23.1 Å². The number of aliphatic imine (C=N–C) groups is 1. The molecular formula is C19H23N7O5S3.